The molecule has 0 aliphatic heterocycles. The first-order valence-electron chi connectivity index (χ1n) is 6.82. The minimum absolute atomic E-state index is 0.151. The van der Waals surface area contributed by atoms with Crippen LogP contribution in [0.4, 0.5) is 8.78 Å². The maximum absolute atomic E-state index is 13.5. The standard InChI is InChI=1S/C15H23F2NS/c1-12(14-11-13(16)7-8-15(14)17)18-9-5-3-4-6-10-19-2/h7-8,11-12,18H,3-6,9-10H2,1-2H3. The molecule has 0 amide bonds. The van der Waals surface area contributed by atoms with Crippen molar-refractivity contribution in [1.82, 2.24) is 5.32 Å². The average Bonchev–Trinajstić information content (AvgIpc) is 2.40. The second-order valence-electron chi connectivity index (χ2n) is 4.75. The Balaban J connectivity index is 2.23. The van der Waals surface area contributed by atoms with E-state index < -0.39 is 0 Å². The summed E-state index contributed by atoms with van der Waals surface area (Å²) in [5, 5.41) is 3.25. The monoisotopic (exact) mass is 287 g/mol. The Morgan fingerprint density at radius 2 is 1.89 bits per heavy atom. The number of halogens is 2. The minimum atomic E-state index is -0.387. The second-order valence-corrected chi connectivity index (χ2v) is 5.73. The predicted octanol–water partition coefficient (Wildman–Crippen LogP) is 4.54. The van der Waals surface area contributed by atoms with Crippen LogP contribution in [-0.4, -0.2) is 18.6 Å². The van der Waals surface area contributed by atoms with E-state index in [1.807, 2.05) is 18.7 Å². The largest absolute Gasteiger partial charge is 0.310 e. The maximum atomic E-state index is 13.5. The van der Waals surface area contributed by atoms with E-state index in [2.05, 4.69) is 11.6 Å². The normalized spacial score (nSPS) is 12.6. The zero-order valence-corrected chi connectivity index (χ0v) is 12.5. The summed E-state index contributed by atoms with van der Waals surface area (Å²) in [4.78, 5) is 0. The summed E-state index contributed by atoms with van der Waals surface area (Å²) in [6.07, 6.45) is 6.89. The zero-order chi connectivity index (χ0) is 14.1. The van der Waals surface area contributed by atoms with Gasteiger partial charge in [-0.15, -0.1) is 0 Å². The molecule has 0 aliphatic rings. The van der Waals surface area contributed by atoms with Gasteiger partial charge in [-0.3, -0.25) is 0 Å². The lowest BCUT2D eigenvalue weighted by molar-refractivity contribution is 0.503. The van der Waals surface area contributed by atoms with Crippen molar-refractivity contribution in [3.05, 3.63) is 35.4 Å². The van der Waals surface area contributed by atoms with Crippen LogP contribution in [0.5, 0.6) is 0 Å². The molecular weight excluding hydrogens is 264 g/mol. The molecule has 0 radical (unpaired) electrons. The lowest BCUT2D eigenvalue weighted by Crippen LogP contribution is -2.21. The predicted molar refractivity (Wildman–Crippen MR) is 79.6 cm³/mol. The highest BCUT2D eigenvalue weighted by Crippen LogP contribution is 2.18. The van der Waals surface area contributed by atoms with Crippen LogP contribution >= 0.6 is 11.8 Å². The number of hydrogen-bond donors (Lipinski definition) is 1. The molecule has 0 bridgehead atoms. The third kappa shape index (κ3) is 6.39. The Morgan fingerprint density at radius 1 is 1.16 bits per heavy atom. The Kier molecular flexibility index (Phi) is 8.07. The molecule has 4 heteroatoms. The van der Waals surface area contributed by atoms with E-state index in [9.17, 15) is 8.78 Å². The first kappa shape index (κ1) is 16.4. The molecule has 0 aromatic heterocycles. The van der Waals surface area contributed by atoms with Gasteiger partial charge in [0.25, 0.3) is 0 Å². The second kappa shape index (κ2) is 9.32. The SMILES string of the molecule is CSCCCCCCNC(C)c1cc(F)ccc1F. The lowest BCUT2D eigenvalue weighted by Gasteiger charge is -2.15. The molecule has 1 aromatic carbocycles. The molecule has 1 unspecified atom stereocenters. The van der Waals surface area contributed by atoms with Crippen molar-refractivity contribution in [2.24, 2.45) is 0 Å². The molecule has 0 saturated carbocycles. The van der Waals surface area contributed by atoms with Gasteiger partial charge >= 0.3 is 0 Å². The molecule has 0 aliphatic carbocycles. The molecule has 1 rings (SSSR count). The van der Waals surface area contributed by atoms with Gasteiger partial charge in [0.2, 0.25) is 0 Å². The molecule has 0 spiro atoms. The zero-order valence-electron chi connectivity index (χ0n) is 11.7. The van der Waals surface area contributed by atoms with E-state index in [0.717, 1.165) is 19.0 Å². The summed E-state index contributed by atoms with van der Waals surface area (Å²) in [6.45, 7) is 2.71. The van der Waals surface area contributed by atoms with Gasteiger partial charge < -0.3 is 5.32 Å². The molecule has 1 atom stereocenters. The number of thioether (sulfide) groups is 1. The summed E-state index contributed by atoms with van der Waals surface area (Å²) in [5.41, 5.74) is 0.405. The van der Waals surface area contributed by atoms with Gasteiger partial charge in [0, 0.05) is 11.6 Å². The van der Waals surface area contributed by atoms with Gasteiger partial charge in [0.05, 0.1) is 0 Å². The van der Waals surface area contributed by atoms with Crippen molar-refractivity contribution in [2.75, 3.05) is 18.6 Å². The minimum Gasteiger partial charge on any atom is -0.310 e. The highest BCUT2D eigenvalue weighted by Gasteiger charge is 2.10. The van der Waals surface area contributed by atoms with Crippen LogP contribution in [0.3, 0.4) is 0 Å². The lowest BCUT2D eigenvalue weighted by atomic mass is 10.1. The highest BCUT2D eigenvalue weighted by molar-refractivity contribution is 7.98. The van der Waals surface area contributed by atoms with Gasteiger partial charge in [-0.05, 0) is 56.5 Å². The van der Waals surface area contributed by atoms with E-state index in [0.29, 0.717) is 5.56 Å². The summed E-state index contributed by atoms with van der Waals surface area (Å²) in [6, 6.07) is 3.45. The van der Waals surface area contributed by atoms with E-state index in [1.165, 1.54) is 37.1 Å². The number of nitrogens with one attached hydrogen (secondary N) is 1. The van der Waals surface area contributed by atoms with E-state index >= 15 is 0 Å². The number of unbranched alkanes of at least 4 members (excludes halogenated alkanes) is 3. The van der Waals surface area contributed by atoms with E-state index in [4.69, 9.17) is 0 Å². The molecular formula is C15H23F2NS. The first-order chi connectivity index (χ1) is 9.15. The Labute approximate surface area is 119 Å². The van der Waals surface area contributed by atoms with Gasteiger partial charge in [0.15, 0.2) is 0 Å². The third-order valence-electron chi connectivity index (χ3n) is 3.15. The van der Waals surface area contributed by atoms with Crippen molar-refractivity contribution in [1.29, 1.82) is 0 Å². The topological polar surface area (TPSA) is 12.0 Å². The fraction of sp³-hybridized carbons (Fsp3) is 0.600. The van der Waals surface area contributed by atoms with Gasteiger partial charge in [0.1, 0.15) is 11.6 Å². The van der Waals surface area contributed by atoms with Crippen molar-refractivity contribution < 1.29 is 8.78 Å². The van der Waals surface area contributed by atoms with Crippen molar-refractivity contribution in [3.63, 3.8) is 0 Å². The summed E-state index contributed by atoms with van der Waals surface area (Å²) in [5.74, 6) is 0.488. The van der Waals surface area contributed by atoms with Crippen molar-refractivity contribution in [3.8, 4) is 0 Å². The Bertz CT molecular complexity index is 371. The Morgan fingerprint density at radius 3 is 2.63 bits per heavy atom. The number of benzene rings is 1. The van der Waals surface area contributed by atoms with Crippen molar-refractivity contribution in [2.45, 2.75) is 38.6 Å². The van der Waals surface area contributed by atoms with Crippen LogP contribution < -0.4 is 5.32 Å². The summed E-state index contributed by atoms with van der Waals surface area (Å²) < 4.78 is 26.6. The van der Waals surface area contributed by atoms with Gasteiger partial charge in [-0.1, -0.05) is 12.8 Å². The van der Waals surface area contributed by atoms with Crippen LogP contribution in [0.15, 0.2) is 18.2 Å². The fourth-order valence-electron chi connectivity index (χ4n) is 2.00. The third-order valence-corrected chi connectivity index (χ3v) is 3.85. The van der Waals surface area contributed by atoms with Crippen LogP contribution in [0, 0.1) is 11.6 Å². The molecule has 0 saturated heterocycles. The summed E-state index contributed by atoms with van der Waals surface area (Å²) in [7, 11) is 0. The van der Waals surface area contributed by atoms with Gasteiger partial charge in [-0.25, -0.2) is 8.78 Å². The smallest absolute Gasteiger partial charge is 0.128 e. The molecule has 1 aromatic rings. The number of rotatable bonds is 9. The first-order valence-corrected chi connectivity index (χ1v) is 8.22. The van der Waals surface area contributed by atoms with Gasteiger partial charge in [-0.2, -0.15) is 11.8 Å². The van der Waals surface area contributed by atoms with E-state index in [1.54, 1.807) is 0 Å². The van der Waals surface area contributed by atoms with Crippen LogP contribution in [-0.2, 0) is 0 Å². The number of hydrogen-bond acceptors (Lipinski definition) is 2. The highest BCUT2D eigenvalue weighted by atomic mass is 32.2. The quantitative estimate of drug-likeness (QED) is 0.669. The van der Waals surface area contributed by atoms with Crippen molar-refractivity contribution >= 4 is 11.8 Å². The maximum Gasteiger partial charge on any atom is 0.128 e. The van der Waals surface area contributed by atoms with E-state index in [-0.39, 0.29) is 17.7 Å². The molecule has 0 fully saturated rings. The molecule has 1 nitrogen and oxygen atoms in total. The summed E-state index contributed by atoms with van der Waals surface area (Å²) >= 11 is 1.88. The average molecular weight is 287 g/mol. The molecule has 108 valence electrons. The Hall–Kier alpha value is -0.610. The fourth-order valence-corrected chi connectivity index (χ4v) is 2.49. The van der Waals surface area contributed by atoms with Crippen LogP contribution in [0.25, 0.3) is 0 Å². The molecule has 0 heterocycles. The van der Waals surface area contributed by atoms with Crippen LogP contribution in [0.2, 0.25) is 0 Å². The molecule has 1 N–H and O–H groups in total. The molecule has 19 heavy (non-hydrogen) atoms. The van der Waals surface area contributed by atoms with Crippen LogP contribution in [0.1, 0.15) is 44.2 Å².